The van der Waals surface area contributed by atoms with E-state index in [0.717, 1.165) is 30.0 Å². The number of fused-ring (bicyclic) bond motifs is 3. The molecule has 3 heteroatoms. The van der Waals surface area contributed by atoms with Crippen LogP contribution in [0.15, 0.2) is 0 Å². The lowest BCUT2D eigenvalue weighted by Crippen LogP contribution is -2.48. The molecule has 3 saturated heterocycles. The maximum Gasteiger partial charge on any atom is 0.0125 e. The highest BCUT2D eigenvalue weighted by molar-refractivity contribution is 5.01. The second-order valence-corrected chi connectivity index (χ2v) is 7.65. The second kappa shape index (κ2) is 4.71. The maximum absolute atomic E-state index is 6.37. The molecule has 4 rings (SSSR count). The van der Waals surface area contributed by atoms with Gasteiger partial charge in [0.1, 0.15) is 0 Å². The number of hydrogen-bond acceptors (Lipinski definition) is 3. The van der Waals surface area contributed by atoms with E-state index in [1.165, 1.54) is 58.0 Å². The van der Waals surface area contributed by atoms with Gasteiger partial charge in [-0.3, -0.25) is 4.90 Å². The van der Waals surface area contributed by atoms with Crippen LogP contribution in [0.4, 0.5) is 0 Å². The summed E-state index contributed by atoms with van der Waals surface area (Å²) in [7, 11) is 2.35. The van der Waals surface area contributed by atoms with Crippen molar-refractivity contribution >= 4 is 0 Å². The first-order chi connectivity index (χ1) is 9.22. The van der Waals surface area contributed by atoms with Gasteiger partial charge in [0, 0.05) is 37.3 Å². The Labute approximate surface area is 117 Å². The smallest absolute Gasteiger partial charge is 0.0125 e. The van der Waals surface area contributed by atoms with Crippen LogP contribution in [-0.4, -0.2) is 54.1 Å². The van der Waals surface area contributed by atoms with Gasteiger partial charge in [0.2, 0.25) is 0 Å². The van der Waals surface area contributed by atoms with Gasteiger partial charge in [-0.1, -0.05) is 6.42 Å². The highest BCUT2D eigenvalue weighted by Crippen LogP contribution is 2.41. The highest BCUT2D eigenvalue weighted by atomic mass is 15.3. The summed E-state index contributed by atoms with van der Waals surface area (Å²) in [5.41, 5.74) is 6.37. The molecule has 0 aromatic heterocycles. The summed E-state index contributed by atoms with van der Waals surface area (Å²) in [6, 6.07) is 3.11. The molecule has 0 spiro atoms. The predicted molar refractivity (Wildman–Crippen MR) is 78.0 cm³/mol. The van der Waals surface area contributed by atoms with E-state index in [-0.39, 0.29) is 0 Å². The van der Waals surface area contributed by atoms with Crippen LogP contribution in [0.5, 0.6) is 0 Å². The Morgan fingerprint density at radius 3 is 2.32 bits per heavy atom. The third kappa shape index (κ3) is 2.05. The lowest BCUT2D eigenvalue weighted by atomic mass is 9.78. The van der Waals surface area contributed by atoms with Crippen LogP contribution in [0.2, 0.25) is 0 Å². The van der Waals surface area contributed by atoms with E-state index in [0.29, 0.717) is 6.04 Å². The molecule has 0 amide bonds. The Hall–Kier alpha value is -0.120. The van der Waals surface area contributed by atoms with Crippen LogP contribution in [0.25, 0.3) is 0 Å². The topological polar surface area (TPSA) is 32.5 Å². The number of nitrogens with two attached hydrogens (primary N) is 1. The number of likely N-dealkylation sites (tertiary alicyclic amines) is 1. The first kappa shape index (κ1) is 12.6. The van der Waals surface area contributed by atoms with Crippen molar-refractivity contribution in [3.8, 4) is 0 Å². The molecule has 2 N–H and O–H groups in total. The molecule has 1 aliphatic carbocycles. The molecule has 0 aromatic rings. The zero-order valence-electron chi connectivity index (χ0n) is 12.3. The summed E-state index contributed by atoms with van der Waals surface area (Å²) in [6.07, 6.45) is 9.80. The Bertz CT molecular complexity index is 331. The van der Waals surface area contributed by atoms with Crippen molar-refractivity contribution < 1.29 is 0 Å². The molecule has 0 radical (unpaired) electrons. The molecule has 3 aliphatic heterocycles. The van der Waals surface area contributed by atoms with Crippen molar-refractivity contribution in [3.63, 3.8) is 0 Å². The molecule has 3 nitrogen and oxygen atoms in total. The highest BCUT2D eigenvalue weighted by Gasteiger charge is 2.45. The molecule has 5 unspecified atom stereocenters. The fraction of sp³-hybridized carbons (Fsp3) is 1.00. The average molecular weight is 263 g/mol. The van der Waals surface area contributed by atoms with Crippen LogP contribution in [0.3, 0.4) is 0 Å². The monoisotopic (exact) mass is 263 g/mol. The number of nitrogens with zero attached hydrogens (tertiary/aromatic N) is 2. The van der Waals surface area contributed by atoms with Crippen molar-refractivity contribution in [3.05, 3.63) is 0 Å². The zero-order chi connectivity index (χ0) is 13.0. The Balaban J connectivity index is 1.44. The molecule has 4 fully saturated rings. The molecular weight excluding hydrogens is 234 g/mol. The Morgan fingerprint density at radius 2 is 1.63 bits per heavy atom. The minimum Gasteiger partial charge on any atom is -0.327 e. The molecule has 108 valence electrons. The van der Waals surface area contributed by atoms with Gasteiger partial charge in [-0.2, -0.15) is 0 Å². The first-order valence-electron chi connectivity index (χ1n) is 8.44. The van der Waals surface area contributed by atoms with Gasteiger partial charge < -0.3 is 10.6 Å². The first-order valence-corrected chi connectivity index (χ1v) is 8.44. The van der Waals surface area contributed by atoms with Crippen molar-refractivity contribution in [2.24, 2.45) is 17.6 Å². The normalized spacial score (nSPS) is 51.5. The molecule has 1 saturated carbocycles. The lowest BCUT2D eigenvalue weighted by Gasteiger charge is -2.40. The fourth-order valence-corrected chi connectivity index (χ4v) is 5.53. The average Bonchev–Trinajstić information content (AvgIpc) is 2.89. The van der Waals surface area contributed by atoms with Gasteiger partial charge in [0.25, 0.3) is 0 Å². The summed E-state index contributed by atoms with van der Waals surface area (Å²) >= 11 is 0. The summed E-state index contributed by atoms with van der Waals surface area (Å²) in [4.78, 5) is 5.49. The summed E-state index contributed by atoms with van der Waals surface area (Å²) in [5, 5.41) is 0. The maximum atomic E-state index is 6.37. The van der Waals surface area contributed by atoms with Crippen molar-refractivity contribution in [2.75, 3.05) is 20.1 Å². The molecule has 2 bridgehead atoms. The molecule has 3 heterocycles. The van der Waals surface area contributed by atoms with Gasteiger partial charge in [-0.15, -0.1) is 0 Å². The number of hydrogen-bond donors (Lipinski definition) is 1. The van der Waals surface area contributed by atoms with Crippen molar-refractivity contribution in [1.82, 2.24) is 9.80 Å². The van der Waals surface area contributed by atoms with E-state index in [9.17, 15) is 0 Å². The minimum atomic E-state index is 0.492. The number of piperidine rings is 1. The molecule has 0 aromatic carbocycles. The zero-order valence-corrected chi connectivity index (χ0v) is 12.3. The van der Waals surface area contributed by atoms with Crippen LogP contribution < -0.4 is 5.73 Å². The van der Waals surface area contributed by atoms with Gasteiger partial charge in [0.15, 0.2) is 0 Å². The van der Waals surface area contributed by atoms with Crippen LogP contribution in [-0.2, 0) is 0 Å². The quantitative estimate of drug-likeness (QED) is 0.781. The molecule has 4 aliphatic rings. The predicted octanol–water partition coefficient (Wildman–Crippen LogP) is 1.67. The van der Waals surface area contributed by atoms with Crippen LogP contribution in [0, 0.1) is 11.8 Å². The van der Waals surface area contributed by atoms with Gasteiger partial charge in [-0.05, 0) is 57.4 Å². The third-order valence-electron chi connectivity index (χ3n) is 6.77. The fourth-order valence-electron chi connectivity index (χ4n) is 5.53. The minimum absolute atomic E-state index is 0.492. The van der Waals surface area contributed by atoms with E-state index >= 15 is 0 Å². The Morgan fingerprint density at radius 1 is 0.895 bits per heavy atom. The number of rotatable bonds is 1. The Kier molecular flexibility index (Phi) is 3.13. The standard InChI is InChI=1S/C16H29N3/c1-18-12-5-6-13(18)8-14(7-12)19-9-11-3-2-4-16(17)15(11)10-19/h11-16H,2-10,17H2,1H3. The largest absolute Gasteiger partial charge is 0.327 e. The molecule has 5 atom stereocenters. The van der Waals surface area contributed by atoms with E-state index in [1.54, 1.807) is 0 Å². The SMILES string of the molecule is CN1C2CCC1CC(N1CC3CCCC(N)C3C1)C2. The summed E-state index contributed by atoms with van der Waals surface area (Å²) in [5.74, 6) is 1.73. The summed E-state index contributed by atoms with van der Waals surface area (Å²) in [6.45, 7) is 2.66. The van der Waals surface area contributed by atoms with Gasteiger partial charge in [0.05, 0.1) is 0 Å². The molecular formula is C16H29N3. The van der Waals surface area contributed by atoms with E-state index in [2.05, 4.69) is 16.8 Å². The summed E-state index contributed by atoms with van der Waals surface area (Å²) < 4.78 is 0. The third-order valence-corrected chi connectivity index (χ3v) is 6.77. The lowest BCUT2D eigenvalue weighted by molar-refractivity contribution is 0.0860. The van der Waals surface area contributed by atoms with Crippen molar-refractivity contribution in [1.29, 1.82) is 0 Å². The van der Waals surface area contributed by atoms with Gasteiger partial charge >= 0.3 is 0 Å². The second-order valence-electron chi connectivity index (χ2n) is 7.65. The van der Waals surface area contributed by atoms with Crippen molar-refractivity contribution in [2.45, 2.75) is 69.1 Å². The van der Waals surface area contributed by atoms with E-state index in [1.807, 2.05) is 0 Å². The van der Waals surface area contributed by atoms with Crippen LogP contribution in [0.1, 0.15) is 44.9 Å². The van der Waals surface area contributed by atoms with Gasteiger partial charge in [-0.25, -0.2) is 0 Å². The van der Waals surface area contributed by atoms with Crippen LogP contribution >= 0.6 is 0 Å². The van der Waals surface area contributed by atoms with E-state index in [4.69, 9.17) is 5.73 Å². The molecule has 19 heavy (non-hydrogen) atoms. The van der Waals surface area contributed by atoms with E-state index < -0.39 is 0 Å².